The molecule has 0 amide bonds. The second kappa shape index (κ2) is 8.17. The van der Waals surface area contributed by atoms with Gasteiger partial charge in [0.2, 0.25) is 0 Å². The van der Waals surface area contributed by atoms with E-state index >= 15 is 0 Å². The zero-order valence-electron chi connectivity index (χ0n) is 15.3. The van der Waals surface area contributed by atoms with Gasteiger partial charge in [0, 0.05) is 49.6 Å². The number of nitrogens with zero attached hydrogens (tertiary/aromatic N) is 3. The predicted molar refractivity (Wildman–Crippen MR) is 106 cm³/mol. The zero-order valence-corrected chi connectivity index (χ0v) is 16.1. The van der Waals surface area contributed by atoms with E-state index < -0.39 is 0 Å². The lowest BCUT2D eigenvalue weighted by Crippen LogP contribution is -2.44. The summed E-state index contributed by atoms with van der Waals surface area (Å²) >= 11 is 6.07. The van der Waals surface area contributed by atoms with E-state index in [0.29, 0.717) is 5.92 Å². The van der Waals surface area contributed by atoms with E-state index in [2.05, 4.69) is 47.1 Å². The number of benzene rings is 1. The maximum Gasteiger partial charge on any atom is 0.130 e. The predicted octanol–water partition coefficient (Wildman–Crippen LogP) is 4.35. The largest absolute Gasteiger partial charge is 0.340 e. The fourth-order valence-corrected chi connectivity index (χ4v) is 3.39. The summed E-state index contributed by atoms with van der Waals surface area (Å²) in [4.78, 5) is 9.54. The van der Waals surface area contributed by atoms with Gasteiger partial charge in [-0.15, -0.1) is 0 Å². The number of rotatable bonds is 5. The number of likely N-dealkylation sites (N-methyl/N-ethyl adjacent to an activating group) is 1. The molecule has 1 aliphatic heterocycles. The number of pyridine rings is 1. The molecule has 0 bridgehead atoms. The molecule has 1 N–H and O–H groups in total. The quantitative estimate of drug-likeness (QED) is 0.861. The Bertz CT molecular complexity index is 709. The maximum atomic E-state index is 6.07. The van der Waals surface area contributed by atoms with Gasteiger partial charge in [-0.2, -0.15) is 0 Å². The molecular weight excluding hydrogens is 332 g/mol. The Morgan fingerprint density at radius 3 is 2.60 bits per heavy atom. The van der Waals surface area contributed by atoms with Gasteiger partial charge in [-0.25, -0.2) is 4.98 Å². The summed E-state index contributed by atoms with van der Waals surface area (Å²) < 4.78 is 0. The van der Waals surface area contributed by atoms with Crippen molar-refractivity contribution in [1.29, 1.82) is 0 Å². The van der Waals surface area contributed by atoms with Crippen LogP contribution in [0.3, 0.4) is 0 Å². The van der Waals surface area contributed by atoms with E-state index in [0.717, 1.165) is 49.3 Å². The average molecular weight is 359 g/mol. The third-order valence-electron chi connectivity index (χ3n) is 4.73. The SMILES string of the molecule is CC(C)c1cc(Nc2cccc(Cl)c2)ncc1CN1CCN(C)CC1. The van der Waals surface area contributed by atoms with Crippen molar-refractivity contribution in [3.63, 3.8) is 0 Å². The minimum atomic E-state index is 0.463. The van der Waals surface area contributed by atoms with E-state index in [4.69, 9.17) is 11.6 Å². The van der Waals surface area contributed by atoms with Crippen molar-refractivity contribution in [1.82, 2.24) is 14.8 Å². The van der Waals surface area contributed by atoms with E-state index in [1.807, 2.05) is 30.5 Å². The summed E-state index contributed by atoms with van der Waals surface area (Å²) in [6.07, 6.45) is 2.03. The Kier molecular flexibility index (Phi) is 5.94. The molecular formula is C20H27ClN4. The van der Waals surface area contributed by atoms with Crippen molar-refractivity contribution in [2.45, 2.75) is 26.3 Å². The van der Waals surface area contributed by atoms with Crippen LogP contribution >= 0.6 is 11.6 Å². The molecule has 0 spiro atoms. The summed E-state index contributed by atoms with van der Waals surface area (Å²) in [6, 6.07) is 9.91. The number of nitrogens with one attached hydrogen (secondary N) is 1. The van der Waals surface area contributed by atoms with Crippen molar-refractivity contribution >= 4 is 23.1 Å². The molecule has 2 heterocycles. The minimum Gasteiger partial charge on any atom is -0.340 e. The number of anilines is 2. The van der Waals surface area contributed by atoms with Crippen LogP contribution in [0, 0.1) is 0 Å². The lowest BCUT2D eigenvalue weighted by atomic mass is 9.98. The molecule has 1 saturated heterocycles. The first kappa shape index (κ1) is 18.2. The van der Waals surface area contributed by atoms with Gasteiger partial charge >= 0.3 is 0 Å². The lowest BCUT2D eigenvalue weighted by molar-refractivity contribution is 0.147. The monoisotopic (exact) mass is 358 g/mol. The first-order chi connectivity index (χ1) is 12.0. The first-order valence-corrected chi connectivity index (χ1v) is 9.31. The van der Waals surface area contributed by atoms with Crippen LogP contribution in [0.15, 0.2) is 36.5 Å². The van der Waals surface area contributed by atoms with E-state index in [1.165, 1.54) is 11.1 Å². The zero-order chi connectivity index (χ0) is 17.8. The number of aromatic nitrogens is 1. The molecule has 134 valence electrons. The van der Waals surface area contributed by atoms with Crippen molar-refractivity contribution < 1.29 is 0 Å². The van der Waals surface area contributed by atoms with Crippen LogP contribution < -0.4 is 5.32 Å². The highest BCUT2D eigenvalue weighted by Gasteiger charge is 2.17. The fourth-order valence-electron chi connectivity index (χ4n) is 3.20. The van der Waals surface area contributed by atoms with Crippen molar-refractivity contribution in [3.8, 4) is 0 Å². The van der Waals surface area contributed by atoms with Gasteiger partial charge in [-0.05, 0) is 48.4 Å². The summed E-state index contributed by atoms with van der Waals surface area (Å²) in [5.41, 5.74) is 3.65. The van der Waals surface area contributed by atoms with Crippen molar-refractivity contribution in [3.05, 3.63) is 52.7 Å². The second-order valence-electron chi connectivity index (χ2n) is 7.14. The third kappa shape index (κ3) is 4.94. The topological polar surface area (TPSA) is 31.4 Å². The maximum absolute atomic E-state index is 6.07. The molecule has 0 aliphatic carbocycles. The van der Waals surface area contributed by atoms with Crippen LogP contribution in [0.5, 0.6) is 0 Å². The van der Waals surface area contributed by atoms with Crippen LogP contribution in [-0.2, 0) is 6.54 Å². The molecule has 1 fully saturated rings. The molecule has 1 aromatic heterocycles. The lowest BCUT2D eigenvalue weighted by Gasteiger charge is -2.33. The second-order valence-corrected chi connectivity index (χ2v) is 7.57. The fraction of sp³-hybridized carbons (Fsp3) is 0.450. The molecule has 2 aromatic rings. The average Bonchev–Trinajstić information content (AvgIpc) is 2.58. The van der Waals surface area contributed by atoms with Gasteiger partial charge in [0.05, 0.1) is 0 Å². The van der Waals surface area contributed by atoms with E-state index in [-0.39, 0.29) is 0 Å². The Balaban J connectivity index is 1.76. The summed E-state index contributed by atoms with van der Waals surface area (Å²) in [5.74, 6) is 1.33. The normalized spacial score (nSPS) is 16.4. The Morgan fingerprint density at radius 1 is 1.16 bits per heavy atom. The van der Waals surface area contributed by atoms with Crippen LogP contribution in [0.25, 0.3) is 0 Å². The van der Waals surface area contributed by atoms with Crippen LogP contribution in [-0.4, -0.2) is 48.0 Å². The standard InChI is InChI=1S/C20H27ClN4/c1-15(2)19-12-20(23-18-6-4-5-17(21)11-18)22-13-16(19)14-25-9-7-24(3)8-10-25/h4-6,11-13,15H,7-10,14H2,1-3H3,(H,22,23). The number of halogens is 1. The first-order valence-electron chi connectivity index (χ1n) is 8.93. The van der Waals surface area contributed by atoms with Gasteiger partial charge in [-0.3, -0.25) is 4.90 Å². The van der Waals surface area contributed by atoms with Gasteiger partial charge in [0.1, 0.15) is 5.82 Å². The molecule has 0 saturated carbocycles. The van der Waals surface area contributed by atoms with Gasteiger partial charge in [0.15, 0.2) is 0 Å². The van der Waals surface area contributed by atoms with Crippen molar-refractivity contribution in [2.24, 2.45) is 0 Å². The summed E-state index contributed by atoms with van der Waals surface area (Å²) in [5, 5.41) is 4.08. The molecule has 0 atom stereocenters. The minimum absolute atomic E-state index is 0.463. The molecule has 0 unspecified atom stereocenters. The number of hydrogen-bond donors (Lipinski definition) is 1. The van der Waals surface area contributed by atoms with Crippen LogP contribution in [0.2, 0.25) is 5.02 Å². The van der Waals surface area contributed by atoms with Crippen molar-refractivity contribution in [2.75, 3.05) is 38.5 Å². The molecule has 1 aliphatic rings. The molecule has 4 nitrogen and oxygen atoms in total. The third-order valence-corrected chi connectivity index (χ3v) is 4.97. The van der Waals surface area contributed by atoms with Crippen LogP contribution in [0.4, 0.5) is 11.5 Å². The van der Waals surface area contributed by atoms with Gasteiger partial charge in [-0.1, -0.05) is 31.5 Å². The van der Waals surface area contributed by atoms with Gasteiger partial charge in [0.25, 0.3) is 0 Å². The van der Waals surface area contributed by atoms with E-state index in [9.17, 15) is 0 Å². The Labute approximate surface area is 155 Å². The highest BCUT2D eigenvalue weighted by molar-refractivity contribution is 6.30. The molecule has 5 heteroatoms. The molecule has 3 rings (SSSR count). The van der Waals surface area contributed by atoms with E-state index in [1.54, 1.807) is 0 Å². The number of piperazine rings is 1. The Morgan fingerprint density at radius 2 is 1.92 bits per heavy atom. The molecule has 25 heavy (non-hydrogen) atoms. The highest BCUT2D eigenvalue weighted by atomic mass is 35.5. The highest BCUT2D eigenvalue weighted by Crippen LogP contribution is 2.26. The molecule has 0 radical (unpaired) electrons. The van der Waals surface area contributed by atoms with Crippen LogP contribution in [0.1, 0.15) is 30.9 Å². The molecule has 1 aromatic carbocycles. The van der Waals surface area contributed by atoms with Gasteiger partial charge < -0.3 is 10.2 Å². The smallest absolute Gasteiger partial charge is 0.130 e. The Hall–Kier alpha value is -1.62. The summed E-state index contributed by atoms with van der Waals surface area (Å²) in [6.45, 7) is 9.98. The number of hydrogen-bond acceptors (Lipinski definition) is 4. The summed E-state index contributed by atoms with van der Waals surface area (Å²) in [7, 11) is 2.19.